The summed E-state index contributed by atoms with van der Waals surface area (Å²) < 4.78 is 9.58. The number of hydrogen-bond donors (Lipinski definition) is 0. The summed E-state index contributed by atoms with van der Waals surface area (Å²) in [5, 5.41) is 0. The predicted molar refractivity (Wildman–Crippen MR) is 61.5 cm³/mol. The number of rotatable bonds is 1. The van der Waals surface area contributed by atoms with Crippen molar-refractivity contribution in [2.24, 2.45) is 0 Å². The van der Waals surface area contributed by atoms with E-state index in [-0.39, 0.29) is 0 Å². The first-order chi connectivity index (χ1) is 7.72. The molecule has 0 amide bonds. The smallest absolute Gasteiger partial charge is 0.305 e. The zero-order chi connectivity index (χ0) is 11.3. The van der Waals surface area contributed by atoms with Gasteiger partial charge in [0.2, 0.25) is 0 Å². The Labute approximate surface area is 99.3 Å². The number of aromatic nitrogens is 3. The van der Waals surface area contributed by atoms with Gasteiger partial charge in [0.15, 0.2) is 9.66 Å². The third-order valence-corrected chi connectivity index (χ3v) is 5.11. The van der Waals surface area contributed by atoms with Crippen LogP contribution in [0.15, 0.2) is 9.59 Å². The van der Waals surface area contributed by atoms with Crippen molar-refractivity contribution >= 4 is 44.1 Å². The molecule has 0 fully saturated rings. The third kappa shape index (κ3) is 1.16. The summed E-state index contributed by atoms with van der Waals surface area (Å²) in [4.78, 5) is 29.6. The number of fused-ring (bicyclic) bond motifs is 1. The minimum atomic E-state index is -0.432. The second-order valence-corrected chi connectivity index (χ2v) is 5.35. The van der Waals surface area contributed by atoms with Crippen molar-refractivity contribution in [3.63, 3.8) is 0 Å². The molecule has 0 saturated heterocycles. The summed E-state index contributed by atoms with van der Waals surface area (Å²) in [7, 11) is 1.29. The molecule has 0 radical (unpaired) electrons. The molecule has 2 aliphatic heterocycles. The Kier molecular flexibility index (Phi) is 2.06. The molecule has 0 aliphatic carbocycles. The van der Waals surface area contributed by atoms with Gasteiger partial charge >= 0.3 is 11.1 Å². The van der Waals surface area contributed by atoms with Crippen LogP contribution in [0.4, 0.5) is 0 Å². The third-order valence-electron chi connectivity index (χ3n) is 1.97. The first-order valence-corrected chi connectivity index (χ1v) is 6.44. The van der Waals surface area contributed by atoms with Gasteiger partial charge in [0.1, 0.15) is 16.2 Å². The van der Waals surface area contributed by atoms with Crippen molar-refractivity contribution < 1.29 is 4.84 Å². The maximum Gasteiger partial charge on any atom is 0.305 e. The van der Waals surface area contributed by atoms with E-state index in [1.807, 2.05) is 0 Å². The molecular weight excluding hydrogens is 270 g/mol. The van der Waals surface area contributed by atoms with E-state index in [0.29, 0.717) is 18.7 Å². The summed E-state index contributed by atoms with van der Waals surface area (Å²) in [6, 6.07) is 0. The SMILES string of the molecule is COn1c(=O)c2sc3nsnc3sc=2c1=O. The summed E-state index contributed by atoms with van der Waals surface area (Å²) in [6.07, 6.45) is 0. The van der Waals surface area contributed by atoms with Crippen LogP contribution in [0.1, 0.15) is 0 Å². The standard InChI is InChI=1S/C7H3N3O3S3/c1-13-10-6(11)2-3(7(10)12)15-5-4(14-2)8-16-9-5/h1H3. The fourth-order valence-electron chi connectivity index (χ4n) is 1.31. The molecule has 1 aromatic heterocycles. The molecule has 1 aromatic rings. The summed E-state index contributed by atoms with van der Waals surface area (Å²) >= 11 is 3.40. The molecule has 0 N–H and O–H groups in total. The Balaban J connectivity index is 2.67. The fourth-order valence-corrected chi connectivity index (χ4v) is 4.14. The first-order valence-electron chi connectivity index (χ1n) is 4.08. The highest BCUT2D eigenvalue weighted by Crippen LogP contribution is 2.21. The Morgan fingerprint density at radius 3 is 2.00 bits per heavy atom. The largest absolute Gasteiger partial charge is 0.410 e. The average Bonchev–Trinajstić information content (AvgIpc) is 2.82. The highest BCUT2D eigenvalue weighted by Gasteiger charge is 2.13. The Morgan fingerprint density at radius 1 is 1.06 bits per heavy atom. The number of nitrogens with zero attached hydrogens (tertiary/aromatic N) is 3. The van der Waals surface area contributed by atoms with E-state index >= 15 is 0 Å². The summed E-state index contributed by atoms with van der Waals surface area (Å²) in [6.45, 7) is 0. The molecule has 0 spiro atoms. The van der Waals surface area contributed by atoms with E-state index in [1.165, 1.54) is 29.8 Å². The van der Waals surface area contributed by atoms with Gasteiger partial charge in [0, 0.05) is 0 Å². The highest BCUT2D eigenvalue weighted by molar-refractivity contribution is 7.27. The lowest BCUT2D eigenvalue weighted by Crippen LogP contribution is -2.30. The molecule has 0 unspecified atom stereocenters. The van der Waals surface area contributed by atoms with Gasteiger partial charge in [-0.05, 0) is 0 Å². The predicted octanol–water partition coefficient (Wildman–Crippen LogP) is 0.119. The van der Waals surface area contributed by atoms with E-state index in [1.54, 1.807) is 0 Å². The molecule has 0 aromatic carbocycles. The second-order valence-electron chi connectivity index (χ2n) is 2.82. The van der Waals surface area contributed by atoms with Gasteiger partial charge in [0.25, 0.3) is 0 Å². The van der Waals surface area contributed by atoms with E-state index < -0.39 is 11.1 Å². The van der Waals surface area contributed by atoms with Crippen LogP contribution in [0, 0.1) is 9.06 Å². The highest BCUT2D eigenvalue weighted by atomic mass is 32.1. The lowest BCUT2D eigenvalue weighted by molar-refractivity contribution is 0.151. The lowest BCUT2D eigenvalue weighted by atomic mass is 10.7. The van der Waals surface area contributed by atoms with Crippen LogP contribution >= 0.6 is 34.4 Å². The molecule has 0 bridgehead atoms. The van der Waals surface area contributed by atoms with Crippen LogP contribution in [0.3, 0.4) is 0 Å². The minimum Gasteiger partial charge on any atom is -0.410 e. The van der Waals surface area contributed by atoms with Crippen molar-refractivity contribution in [1.29, 1.82) is 0 Å². The van der Waals surface area contributed by atoms with Crippen LogP contribution in [-0.4, -0.2) is 20.6 Å². The zero-order valence-electron chi connectivity index (χ0n) is 7.79. The Bertz CT molecular complexity index is 777. The van der Waals surface area contributed by atoms with Crippen LogP contribution in [0.5, 0.6) is 0 Å². The number of hydrogen-bond acceptors (Lipinski definition) is 8. The summed E-state index contributed by atoms with van der Waals surface area (Å²) in [5.41, 5.74) is -0.864. The van der Waals surface area contributed by atoms with E-state index in [2.05, 4.69) is 8.75 Å². The Hall–Kier alpha value is -1.32. The van der Waals surface area contributed by atoms with Gasteiger partial charge in [-0.2, -0.15) is 8.75 Å². The quantitative estimate of drug-likeness (QED) is 0.629. The van der Waals surface area contributed by atoms with E-state index in [0.717, 1.165) is 16.5 Å². The topological polar surface area (TPSA) is 74.1 Å². The molecule has 82 valence electrons. The molecule has 16 heavy (non-hydrogen) atoms. The van der Waals surface area contributed by atoms with Crippen molar-refractivity contribution in [3.05, 3.63) is 29.8 Å². The molecule has 3 heterocycles. The van der Waals surface area contributed by atoms with Crippen LogP contribution < -0.4 is 16.0 Å². The second kappa shape index (κ2) is 3.34. The normalized spacial score (nSPS) is 11.3. The van der Waals surface area contributed by atoms with Crippen molar-refractivity contribution in [2.75, 3.05) is 7.11 Å². The van der Waals surface area contributed by atoms with Crippen LogP contribution in [-0.2, 0) is 0 Å². The van der Waals surface area contributed by atoms with Crippen molar-refractivity contribution in [2.45, 2.75) is 0 Å². The van der Waals surface area contributed by atoms with Crippen molar-refractivity contribution in [1.82, 2.24) is 13.5 Å². The molecule has 0 atom stereocenters. The van der Waals surface area contributed by atoms with Crippen LogP contribution in [0.2, 0.25) is 0 Å². The molecule has 0 saturated carbocycles. The van der Waals surface area contributed by atoms with E-state index in [9.17, 15) is 9.59 Å². The first kappa shape index (κ1) is 9.87. The van der Waals surface area contributed by atoms with E-state index in [4.69, 9.17) is 4.84 Å². The Morgan fingerprint density at radius 2 is 1.56 bits per heavy atom. The zero-order valence-corrected chi connectivity index (χ0v) is 10.2. The molecule has 2 aliphatic rings. The maximum absolute atomic E-state index is 11.8. The maximum atomic E-state index is 11.8. The minimum absolute atomic E-state index is 0.372. The van der Waals surface area contributed by atoms with Gasteiger partial charge in [-0.3, -0.25) is 9.59 Å². The molecule has 3 rings (SSSR count). The molecule has 6 nitrogen and oxygen atoms in total. The fraction of sp³-hybridized carbons (Fsp3) is 0.143. The van der Waals surface area contributed by atoms with Gasteiger partial charge in [-0.25, -0.2) is 0 Å². The van der Waals surface area contributed by atoms with Gasteiger partial charge < -0.3 is 4.84 Å². The van der Waals surface area contributed by atoms with Gasteiger partial charge in [0.05, 0.1) is 11.7 Å². The van der Waals surface area contributed by atoms with Gasteiger partial charge in [-0.15, -0.1) is 27.4 Å². The van der Waals surface area contributed by atoms with Gasteiger partial charge in [-0.1, -0.05) is 0 Å². The lowest BCUT2D eigenvalue weighted by Gasteiger charge is -1.91. The molecule has 9 heteroatoms. The van der Waals surface area contributed by atoms with Crippen LogP contribution in [0.25, 0.3) is 9.66 Å². The monoisotopic (exact) mass is 273 g/mol. The average molecular weight is 273 g/mol. The van der Waals surface area contributed by atoms with Crippen molar-refractivity contribution in [3.8, 4) is 0 Å². The molecular formula is C7H3N3O3S3. The summed E-state index contributed by atoms with van der Waals surface area (Å²) in [5.74, 6) is 0.